The number of halogens is 1. The Bertz CT molecular complexity index is 763. The first kappa shape index (κ1) is 19.9. The number of nitrogens with one attached hydrogen (secondary N) is 1. The van der Waals surface area contributed by atoms with Crippen LogP contribution in [0.2, 0.25) is 0 Å². The Morgan fingerprint density at radius 2 is 2.11 bits per heavy atom. The lowest BCUT2D eigenvalue weighted by Gasteiger charge is -2.39. The molecular weight excluding hydrogens is 365 g/mol. The number of aromatic nitrogens is 1. The van der Waals surface area contributed by atoms with Crippen LogP contribution in [0.3, 0.4) is 0 Å². The number of piperazine rings is 1. The topological polar surface area (TPSA) is 58.4 Å². The SMILES string of the molecule is CSC[C@H]1CN(Cc2cc(-c3ccc(F)cc3)on2)[C@@H](CC(C)C)C(=O)N1. The summed E-state index contributed by atoms with van der Waals surface area (Å²) in [6, 6.07) is 7.99. The molecule has 5 nitrogen and oxygen atoms in total. The number of rotatable bonds is 7. The number of hydrogen-bond acceptors (Lipinski definition) is 5. The van der Waals surface area contributed by atoms with Gasteiger partial charge in [0.2, 0.25) is 5.91 Å². The molecule has 3 rings (SSSR count). The van der Waals surface area contributed by atoms with Gasteiger partial charge in [0.25, 0.3) is 0 Å². The van der Waals surface area contributed by atoms with E-state index in [0.717, 1.165) is 30.0 Å². The van der Waals surface area contributed by atoms with Gasteiger partial charge in [0.05, 0.1) is 17.8 Å². The van der Waals surface area contributed by atoms with Crippen LogP contribution in [0.1, 0.15) is 26.0 Å². The van der Waals surface area contributed by atoms with E-state index < -0.39 is 0 Å². The van der Waals surface area contributed by atoms with Gasteiger partial charge in [0, 0.05) is 30.5 Å². The van der Waals surface area contributed by atoms with Crippen molar-refractivity contribution in [2.45, 2.75) is 38.9 Å². The van der Waals surface area contributed by atoms with Gasteiger partial charge in [-0.3, -0.25) is 9.69 Å². The number of hydrogen-bond donors (Lipinski definition) is 1. The minimum Gasteiger partial charge on any atom is -0.356 e. The van der Waals surface area contributed by atoms with Gasteiger partial charge in [-0.2, -0.15) is 11.8 Å². The number of thioether (sulfide) groups is 1. The summed E-state index contributed by atoms with van der Waals surface area (Å²) in [7, 11) is 0. The third kappa shape index (κ3) is 5.11. The van der Waals surface area contributed by atoms with Gasteiger partial charge < -0.3 is 9.84 Å². The lowest BCUT2D eigenvalue weighted by Crippen LogP contribution is -2.60. The predicted molar refractivity (Wildman–Crippen MR) is 106 cm³/mol. The molecule has 1 aromatic carbocycles. The maximum atomic E-state index is 13.1. The number of carbonyl (C=O) groups excluding carboxylic acids is 1. The third-order valence-corrected chi connectivity index (χ3v) is 5.40. The highest BCUT2D eigenvalue weighted by Crippen LogP contribution is 2.24. The molecule has 2 aromatic rings. The van der Waals surface area contributed by atoms with Crippen molar-refractivity contribution in [3.8, 4) is 11.3 Å². The molecule has 0 unspecified atom stereocenters. The summed E-state index contributed by atoms with van der Waals surface area (Å²) < 4.78 is 18.6. The highest BCUT2D eigenvalue weighted by molar-refractivity contribution is 7.98. The summed E-state index contributed by atoms with van der Waals surface area (Å²) in [5.74, 6) is 1.72. The molecule has 27 heavy (non-hydrogen) atoms. The van der Waals surface area contributed by atoms with Gasteiger partial charge in [-0.1, -0.05) is 19.0 Å². The molecule has 1 N–H and O–H groups in total. The van der Waals surface area contributed by atoms with Crippen LogP contribution in [0.5, 0.6) is 0 Å². The summed E-state index contributed by atoms with van der Waals surface area (Å²) in [4.78, 5) is 14.8. The fourth-order valence-corrected chi connectivity index (χ4v) is 4.03. The fourth-order valence-electron chi connectivity index (χ4n) is 3.44. The Hall–Kier alpha value is -1.86. The largest absolute Gasteiger partial charge is 0.356 e. The van der Waals surface area contributed by atoms with E-state index in [-0.39, 0.29) is 23.8 Å². The first-order chi connectivity index (χ1) is 13.0. The number of amides is 1. The average Bonchev–Trinajstić information content (AvgIpc) is 3.07. The molecule has 0 spiro atoms. The smallest absolute Gasteiger partial charge is 0.237 e. The standard InChI is InChI=1S/C20H26FN3O2S/c1-13(2)8-18-20(25)22-17(12-27-3)11-24(18)10-16-9-19(26-23-16)14-4-6-15(21)7-5-14/h4-7,9,13,17-18H,8,10-12H2,1-3H3,(H,22,25)/t17-,18+/m1/s1. The molecule has 2 heterocycles. The van der Waals surface area contributed by atoms with Gasteiger partial charge in [-0.05, 0) is 42.9 Å². The first-order valence-electron chi connectivity index (χ1n) is 9.21. The first-order valence-corrected chi connectivity index (χ1v) is 10.6. The Kier molecular flexibility index (Phi) is 6.55. The lowest BCUT2D eigenvalue weighted by molar-refractivity contribution is -0.131. The monoisotopic (exact) mass is 391 g/mol. The van der Waals surface area contributed by atoms with E-state index in [1.807, 2.05) is 12.3 Å². The molecule has 1 fully saturated rings. The maximum Gasteiger partial charge on any atom is 0.237 e. The van der Waals surface area contributed by atoms with Gasteiger partial charge in [-0.25, -0.2) is 4.39 Å². The Balaban J connectivity index is 1.76. The van der Waals surface area contributed by atoms with Crippen molar-refractivity contribution in [1.29, 1.82) is 0 Å². The van der Waals surface area contributed by atoms with Crippen LogP contribution in [0.4, 0.5) is 4.39 Å². The molecule has 0 aliphatic carbocycles. The highest BCUT2D eigenvalue weighted by atomic mass is 32.2. The molecular formula is C20H26FN3O2S. The second-order valence-corrected chi connectivity index (χ2v) is 8.34. The van der Waals surface area contributed by atoms with Crippen LogP contribution in [-0.4, -0.2) is 46.6 Å². The van der Waals surface area contributed by atoms with Crippen molar-refractivity contribution in [2.75, 3.05) is 18.6 Å². The van der Waals surface area contributed by atoms with Crippen LogP contribution in [-0.2, 0) is 11.3 Å². The minimum atomic E-state index is -0.283. The average molecular weight is 392 g/mol. The number of benzene rings is 1. The zero-order chi connectivity index (χ0) is 19.4. The summed E-state index contributed by atoms with van der Waals surface area (Å²) in [5.41, 5.74) is 1.56. The second-order valence-electron chi connectivity index (χ2n) is 7.43. The lowest BCUT2D eigenvalue weighted by atomic mass is 9.98. The van der Waals surface area contributed by atoms with Gasteiger partial charge in [0.1, 0.15) is 5.82 Å². The van der Waals surface area contributed by atoms with E-state index in [4.69, 9.17) is 4.52 Å². The van der Waals surface area contributed by atoms with Gasteiger partial charge >= 0.3 is 0 Å². The van der Waals surface area contributed by atoms with Crippen LogP contribution < -0.4 is 5.32 Å². The van der Waals surface area contributed by atoms with Crippen LogP contribution in [0.25, 0.3) is 11.3 Å². The van der Waals surface area contributed by atoms with Crippen LogP contribution >= 0.6 is 11.8 Å². The maximum absolute atomic E-state index is 13.1. The molecule has 0 saturated carbocycles. The van der Waals surface area contributed by atoms with E-state index in [0.29, 0.717) is 18.2 Å². The molecule has 2 atom stereocenters. The quantitative estimate of drug-likeness (QED) is 0.782. The molecule has 7 heteroatoms. The number of nitrogens with zero attached hydrogens (tertiary/aromatic N) is 2. The van der Waals surface area contributed by atoms with E-state index in [1.54, 1.807) is 23.9 Å². The van der Waals surface area contributed by atoms with E-state index in [1.165, 1.54) is 12.1 Å². The molecule has 0 radical (unpaired) electrons. The van der Waals surface area contributed by atoms with Crippen LogP contribution in [0, 0.1) is 11.7 Å². The molecule has 1 aromatic heterocycles. The molecule has 1 aliphatic heterocycles. The predicted octanol–water partition coefficient (Wildman–Crippen LogP) is 3.56. The van der Waals surface area contributed by atoms with Gasteiger partial charge in [-0.15, -0.1) is 0 Å². The van der Waals surface area contributed by atoms with Crippen molar-refractivity contribution in [3.05, 3.63) is 41.8 Å². The molecule has 146 valence electrons. The minimum absolute atomic E-state index is 0.0938. The third-order valence-electron chi connectivity index (χ3n) is 4.66. The summed E-state index contributed by atoms with van der Waals surface area (Å²) in [6.07, 6.45) is 2.85. The molecule has 1 aliphatic rings. The molecule has 1 saturated heterocycles. The van der Waals surface area contributed by atoms with E-state index in [9.17, 15) is 9.18 Å². The zero-order valence-electron chi connectivity index (χ0n) is 15.9. The van der Waals surface area contributed by atoms with E-state index >= 15 is 0 Å². The highest BCUT2D eigenvalue weighted by Gasteiger charge is 2.35. The van der Waals surface area contributed by atoms with Crippen molar-refractivity contribution >= 4 is 17.7 Å². The number of carbonyl (C=O) groups is 1. The summed E-state index contributed by atoms with van der Waals surface area (Å²) >= 11 is 1.73. The van der Waals surface area contributed by atoms with Crippen molar-refractivity contribution in [2.24, 2.45) is 5.92 Å². The van der Waals surface area contributed by atoms with Crippen molar-refractivity contribution in [1.82, 2.24) is 15.4 Å². The van der Waals surface area contributed by atoms with Crippen LogP contribution in [0.15, 0.2) is 34.9 Å². The molecule has 0 bridgehead atoms. The Morgan fingerprint density at radius 1 is 1.37 bits per heavy atom. The van der Waals surface area contributed by atoms with Crippen molar-refractivity contribution in [3.63, 3.8) is 0 Å². The fraction of sp³-hybridized carbons (Fsp3) is 0.500. The summed E-state index contributed by atoms with van der Waals surface area (Å²) in [5, 5.41) is 7.32. The Morgan fingerprint density at radius 3 is 2.78 bits per heavy atom. The zero-order valence-corrected chi connectivity index (χ0v) is 16.8. The normalized spacial score (nSPS) is 20.9. The van der Waals surface area contributed by atoms with E-state index in [2.05, 4.69) is 29.2 Å². The summed E-state index contributed by atoms with van der Waals surface area (Å²) in [6.45, 7) is 5.60. The Labute approximate surface area is 163 Å². The van der Waals surface area contributed by atoms with Crippen molar-refractivity contribution < 1.29 is 13.7 Å². The molecule has 1 amide bonds. The van der Waals surface area contributed by atoms with Gasteiger partial charge in [0.15, 0.2) is 5.76 Å². The second kappa shape index (κ2) is 8.89.